The molecule has 2 aromatic carbocycles. The van der Waals surface area contributed by atoms with Crippen LogP contribution >= 0.6 is 0 Å². The standard InChI is InChI=1S/C24H26N4O2/c1-15-8-17(4-7-24(15)29-3)9-20(25)14-30-21-10-19(12-26-13-21)18-5-6-23-22(11-18)16(2)27-28-23/h4-8,10-13,20H,9,14,25H2,1-3H3,(H,27,28)/t20-/m0/s1. The predicted molar refractivity (Wildman–Crippen MR) is 119 cm³/mol. The van der Waals surface area contributed by atoms with E-state index < -0.39 is 0 Å². The monoisotopic (exact) mass is 402 g/mol. The average Bonchev–Trinajstić information content (AvgIpc) is 3.13. The lowest BCUT2D eigenvalue weighted by Crippen LogP contribution is -2.30. The van der Waals surface area contributed by atoms with Crippen molar-refractivity contribution >= 4 is 10.9 Å². The molecule has 0 spiro atoms. The third-order valence-corrected chi connectivity index (χ3v) is 5.22. The molecule has 2 heterocycles. The van der Waals surface area contributed by atoms with Gasteiger partial charge in [0.25, 0.3) is 0 Å². The topological polar surface area (TPSA) is 86.0 Å². The molecule has 6 nitrogen and oxygen atoms in total. The summed E-state index contributed by atoms with van der Waals surface area (Å²) in [5.74, 6) is 1.59. The summed E-state index contributed by atoms with van der Waals surface area (Å²) in [6.45, 7) is 4.44. The van der Waals surface area contributed by atoms with Gasteiger partial charge in [0.05, 0.1) is 24.5 Å². The number of hydrogen-bond acceptors (Lipinski definition) is 5. The van der Waals surface area contributed by atoms with E-state index in [2.05, 4.69) is 33.4 Å². The maximum absolute atomic E-state index is 6.30. The number of nitrogens with two attached hydrogens (primary N) is 1. The van der Waals surface area contributed by atoms with E-state index in [1.54, 1.807) is 13.3 Å². The van der Waals surface area contributed by atoms with Gasteiger partial charge in [0.15, 0.2) is 0 Å². The van der Waals surface area contributed by atoms with E-state index in [-0.39, 0.29) is 6.04 Å². The molecule has 0 saturated carbocycles. The highest BCUT2D eigenvalue weighted by atomic mass is 16.5. The molecule has 4 aromatic rings. The van der Waals surface area contributed by atoms with E-state index in [1.165, 1.54) is 5.56 Å². The van der Waals surface area contributed by atoms with Gasteiger partial charge in [-0.1, -0.05) is 18.2 Å². The minimum absolute atomic E-state index is 0.119. The number of aromatic nitrogens is 3. The van der Waals surface area contributed by atoms with Gasteiger partial charge < -0.3 is 15.2 Å². The second kappa shape index (κ2) is 8.55. The Labute approximate surface area is 176 Å². The third kappa shape index (κ3) is 4.28. The summed E-state index contributed by atoms with van der Waals surface area (Å²) < 4.78 is 11.3. The van der Waals surface area contributed by atoms with Crippen molar-refractivity contribution in [1.82, 2.24) is 15.2 Å². The molecule has 30 heavy (non-hydrogen) atoms. The van der Waals surface area contributed by atoms with Gasteiger partial charge in [-0.3, -0.25) is 10.1 Å². The number of aryl methyl sites for hydroxylation is 2. The highest BCUT2D eigenvalue weighted by molar-refractivity contribution is 5.86. The van der Waals surface area contributed by atoms with Gasteiger partial charge in [0, 0.05) is 23.2 Å². The fourth-order valence-corrected chi connectivity index (χ4v) is 3.61. The van der Waals surface area contributed by atoms with Crippen molar-refractivity contribution in [2.75, 3.05) is 13.7 Å². The molecule has 0 saturated heterocycles. The lowest BCUT2D eigenvalue weighted by atomic mass is 10.0. The zero-order valence-corrected chi connectivity index (χ0v) is 17.5. The molecule has 0 fully saturated rings. The van der Waals surface area contributed by atoms with Crippen molar-refractivity contribution in [2.45, 2.75) is 26.3 Å². The summed E-state index contributed by atoms with van der Waals surface area (Å²) in [6, 6.07) is 14.2. The van der Waals surface area contributed by atoms with Crippen LogP contribution < -0.4 is 15.2 Å². The second-order valence-electron chi connectivity index (χ2n) is 7.56. The first-order valence-electron chi connectivity index (χ1n) is 9.95. The van der Waals surface area contributed by atoms with Gasteiger partial charge in [-0.05, 0) is 61.2 Å². The van der Waals surface area contributed by atoms with Crippen LogP contribution in [0.1, 0.15) is 16.8 Å². The lowest BCUT2D eigenvalue weighted by Gasteiger charge is -2.15. The Balaban J connectivity index is 1.42. The minimum Gasteiger partial charge on any atom is -0.496 e. The highest BCUT2D eigenvalue weighted by Crippen LogP contribution is 2.27. The molecule has 0 aliphatic rings. The highest BCUT2D eigenvalue weighted by Gasteiger charge is 2.09. The van der Waals surface area contributed by atoms with Crippen LogP contribution in [-0.4, -0.2) is 34.9 Å². The van der Waals surface area contributed by atoms with Crippen LogP contribution in [-0.2, 0) is 6.42 Å². The van der Waals surface area contributed by atoms with Crippen molar-refractivity contribution in [1.29, 1.82) is 0 Å². The number of ether oxygens (including phenoxy) is 2. The zero-order chi connectivity index (χ0) is 21.1. The van der Waals surface area contributed by atoms with Crippen LogP contribution in [0.5, 0.6) is 11.5 Å². The molecule has 0 radical (unpaired) electrons. The maximum atomic E-state index is 6.30. The molecule has 2 aromatic heterocycles. The van der Waals surface area contributed by atoms with Crippen molar-refractivity contribution < 1.29 is 9.47 Å². The lowest BCUT2D eigenvalue weighted by molar-refractivity contribution is 0.286. The smallest absolute Gasteiger partial charge is 0.138 e. The Hall–Kier alpha value is -3.38. The van der Waals surface area contributed by atoms with E-state index in [9.17, 15) is 0 Å². The number of rotatable bonds is 7. The Morgan fingerprint density at radius 1 is 1.03 bits per heavy atom. The summed E-state index contributed by atoms with van der Waals surface area (Å²) >= 11 is 0. The number of aromatic amines is 1. The maximum Gasteiger partial charge on any atom is 0.138 e. The number of nitrogens with zero attached hydrogens (tertiary/aromatic N) is 2. The first-order valence-corrected chi connectivity index (χ1v) is 9.95. The number of fused-ring (bicyclic) bond motifs is 1. The minimum atomic E-state index is -0.119. The van der Waals surface area contributed by atoms with Crippen molar-refractivity contribution in [2.24, 2.45) is 5.73 Å². The SMILES string of the molecule is COc1ccc(C[C@H](N)COc2cncc(-c3ccc4[nH]nc(C)c4c3)c2)cc1C. The molecule has 154 valence electrons. The van der Waals surface area contributed by atoms with E-state index in [4.69, 9.17) is 15.2 Å². The van der Waals surface area contributed by atoms with E-state index >= 15 is 0 Å². The number of pyridine rings is 1. The third-order valence-electron chi connectivity index (χ3n) is 5.22. The molecule has 0 bridgehead atoms. The van der Waals surface area contributed by atoms with Crippen molar-refractivity contribution in [3.63, 3.8) is 0 Å². The second-order valence-corrected chi connectivity index (χ2v) is 7.56. The largest absolute Gasteiger partial charge is 0.496 e. The van der Waals surface area contributed by atoms with Crippen LogP contribution in [0.15, 0.2) is 54.9 Å². The van der Waals surface area contributed by atoms with Crippen LogP contribution in [0.25, 0.3) is 22.0 Å². The van der Waals surface area contributed by atoms with Gasteiger partial charge in [-0.15, -0.1) is 0 Å². The Kier molecular flexibility index (Phi) is 5.68. The molecule has 0 aliphatic heterocycles. The first-order chi connectivity index (χ1) is 14.5. The average molecular weight is 402 g/mol. The van der Waals surface area contributed by atoms with Gasteiger partial charge in [-0.2, -0.15) is 5.10 Å². The quantitative estimate of drug-likeness (QED) is 0.484. The normalized spacial score (nSPS) is 12.1. The summed E-state index contributed by atoms with van der Waals surface area (Å²) in [4.78, 5) is 4.34. The van der Waals surface area contributed by atoms with Gasteiger partial charge in [0.2, 0.25) is 0 Å². The number of nitrogens with one attached hydrogen (secondary N) is 1. The summed E-state index contributed by atoms with van der Waals surface area (Å²) in [5.41, 5.74) is 12.6. The molecule has 1 atom stereocenters. The van der Waals surface area contributed by atoms with Crippen molar-refractivity contribution in [3.05, 3.63) is 71.7 Å². The molecular weight excluding hydrogens is 376 g/mol. The van der Waals surface area contributed by atoms with E-state index in [0.717, 1.165) is 45.5 Å². The summed E-state index contributed by atoms with van der Waals surface area (Å²) in [7, 11) is 1.68. The van der Waals surface area contributed by atoms with Gasteiger partial charge >= 0.3 is 0 Å². The fourth-order valence-electron chi connectivity index (χ4n) is 3.61. The Morgan fingerprint density at radius 3 is 2.70 bits per heavy atom. The molecule has 0 unspecified atom stereocenters. The summed E-state index contributed by atoms with van der Waals surface area (Å²) in [6.07, 6.45) is 4.28. The molecule has 0 amide bonds. The molecule has 3 N–H and O–H groups in total. The molecule has 6 heteroatoms. The molecule has 0 aliphatic carbocycles. The van der Waals surface area contributed by atoms with Gasteiger partial charge in [-0.25, -0.2) is 0 Å². The predicted octanol–water partition coefficient (Wildman–Crippen LogP) is 4.20. The number of hydrogen-bond donors (Lipinski definition) is 2. The van der Waals surface area contributed by atoms with Crippen LogP contribution in [0, 0.1) is 13.8 Å². The van der Waals surface area contributed by atoms with E-state index in [1.807, 2.05) is 44.3 Å². The molecular formula is C24H26N4O2. The summed E-state index contributed by atoms with van der Waals surface area (Å²) in [5, 5.41) is 8.40. The molecule has 4 rings (SSSR count). The Bertz CT molecular complexity index is 1170. The number of H-pyrrole nitrogens is 1. The van der Waals surface area contributed by atoms with Crippen molar-refractivity contribution in [3.8, 4) is 22.6 Å². The fraction of sp³-hybridized carbons (Fsp3) is 0.250. The zero-order valence-electron chi connectivity index (χ0n) is 17.5. The van der Waals surface area contributed by atoms with Crippen LogP contribution in [0.2, 0.25) is 0 Å². The van der Waals surface area contributed by atoms with E-state index in [0.29, 0.717) is 12.4 Å². The number of methoxy groups -OCH3 is 1. The van der Waals surface area contributed by atoms with Crippen LogP contribution in [0.4, 0.5) is 0 Å². The van der Waals surface area contributed by atoms with Gasteiger partial charge in [0.1, 0.15) is 18.1 Å². The first kappa shape index (κ1) is 19.9. The van der Waals surface area contributed by atoms with Crippen LogP contribution in [0.3, 0.4) is 0 Å². The Morgan fingerprint density at radius 2 is 1.90 bits per heavy atom. The number of benzene rings is 2.